The fourth-order valence-corrected chi connectivity index (χ4v) is 2.81. The maximum atomic E-state index is 12.9. The monoisotopic (exact) mass is 337 g/mol. The van der Waals surface area contributed by atoms with Gasteiger partial charge in [0.2, 0.25) is 0 Å². The molecule has 2 aromatic carbocycles. The van der Waals surface area contributed by atoms with Crippen LogP contribution in [0.25, 0.3) is 0 Å². The van der Waals surface area contributed by atoms with Crippen molar-refractivity contribution in [3.63, 3.8) is 0 Å². The lowest BCUT2D eigenvalue weighted by Gasteiger charge is -2.07. The average molecular weight is 337 g/mol. The van der Waals surface area contributed by atoms with Gasteiger partial charge in [0.1, 0.15) is 5.82 Å². The summed E-state index contributed by atoms with van der Waals surface area (Å²) in [4.78, 5) is 12.6. The van der Waals surface area contributed by atoms with Crippen LogP contribution in [0.5, 0.6) is 0 Å². The van der Waals surface area contributed by atoms with Gasteiger partial charge >= 0.3 is 0 Å². The van der Waals surface area contributed by atoms with Gasteiger partial charge in [-0.2, -0.15) is 5.10 Å². The van der Waals surface area contributed by atoms with Crippen LogP contribution in [0, 0.1) is 19.7 Å². The van der Waals surface area contributed by atoms with Gasteiger partial charge < -0.3 is 5.32 Å². The van der Waals surface area contributed by atoms with Crippen molar-refractivity contribution in [2.45, 2.75) is 26.9 Å². The second-order valence-electron chi connectivity index (χ2n) is 6.00. The minimum absolute atomic E-state index is 0.168. The molecule has 0 atom stereocenters. The summed E-state index contributed by atoms with van der Waals surface area (Å²) in [7, 11) is 0. The third-order valence-electron chi connectivity index (χ3n) is 4.15. The molecule has 1 amide bonds. The summed E-state index contributed by atoms with van der Waals surface area (Å²) in [6.07, 6.45) is 0. The minimum atomic E-state index is -0.288. The highest BCUT2D eigenvalue weighted by molar-refractivity contribution is 5.96. The number of carbonyl (C=O) groups is 1. The molecule has 0 fully saturated rings. The molecule has 4 nitrogen and oxygen atoms in total. The number of amides is 1. The van der Waals surface area contributed by atoms with Crippen molar-refractivity contribution in [2.24, 2.45) is 0 Å². The van der Waals surface area contributed by atoms with Gasteiger partial charge in [0.05, 0.1) is 17.8 Å². The summed E-state index contributed by atoms with van der Waals surface area (Å²) in [5.41, 5.74) is 4.11. The minimum Gasteiger partial charge on any atom is -0.348 e. The molecule has 3 rings (SSSR count). The Labute approximate surface area is 146 Å². The Bertz CT molecular complexity index is 870. The highest BCUT2D eigenvalue weighted by atomic mass is 19.1. The van der Waals surface area contributed by atoms with E-state index in [0.29, 0.717) is 24.3 Å². The molecule has 0 aliphatic carbocycles. The smallest absolute Gasteiger partial charge is 0.255 e. The Balaban J connectivity index is 1.73. The van der Waals surface area contributed by atoms with Crippen LogP contribution in [0.4, 0.5) is 4.39 Å². The van der Waals surface area contributed by atoms with Crippen LogP contribution in [0.2, 0.25) is 0 Å². The molecule has 3 aromatic rings. The Morgan fingerprint density at radius 1 is 1.04 bits per heavy atom. The molecule has 0 saturated carbocycles. The molecule has 25 heavy (non-hydrogen) atoms. The van der Waals surface area contributed by atoms with Gasteiger partial charge in [-0.3, -0.25) is 9.48 Å². The van der Waals surface area contributed by atoms with Crippen LogP contribution in [0.3, 0.4) is 0 Å². The van der Waals surface area contributed by atoms with E-state index in [2.05, 4.69) is 10.4 Å². The van der Waals surface area contributed by atoms with Crippen LogP contribution in [-0.2, 0) is 13.1 Å². The summed E-state index contributed by atoms with van der Waals surface area (Å²) in [5.74, 6) is -0.456. The number of aromatic nitrogens is 2. The van der Waals surface area contributed by atoms with Crippen LogP contribution in [-0.4, -0.2) is 15.7 Å². The molecule has 1 heterocycles. The maximum Gasteiger partial charge on any atom is 0.255 e. The van der Waals surface area contributed by atoms with E-state index in [-0.39, 0.29) is 11.7 Å². The number of carbonyl (C=O) groups excluding carboxylic acids is 1. The van der Waals surface area contributed by atoms with Crippen molar-refractivity contribution >= 4 is 5.91 Å². The average Bonchev–Trinajstić information content (AvgIpc) is 2.89. The molecule has 0 spiro atoms. The predicted octanol–water partition coefficient (Wildman–Crippen LogP) is 3.62. The van der Waals surface area contributed by atoms with Crippen molar-refractivity contribution in [1.29, 1.82) is 0 Å². The second-order valence-corrected chi connectivity index (χ2v) is 6.00. The van der Waals surface area contributed by atoms with Crippen molar-refractivity contribution in [2.75, 3.05) is 0 Å². The largest absolute Gasteiger partial charge is 0.348 e. The molecule has 1 N–H and O–H groups in total. The van der Waals surface area contributed by atoms with E-state index in [1.54, 1.807) is 12.1 Å². The Morgan fingerprint density at radius 3 is 2.40 bits per heavy atom. The fraction of sp³-hybridized carbons (Fsp3) is 0.200. The molecule has 5 heteroatoms. The van der Waals surface area contributed by atoms with Gasteiger partial charge in [-0.15, -0.1) is 0 Å². The first kappa shape index (κ1) is 16.9. The zero-order valence-electron chi connectivity index (χ0n) is 14.3. The SMILES string of the molecule is Cc1nn(Cc2ccccc2)c(C)c1C(=O)NCc1ccc(F)cc1. The lowest BCUT2D eigenvalue weighted by atomic mass is 10.1. The fourth-order valence-electron chi connectivity index (χ4n) is 2.81. The molecule has 0 radical (unpaired) electrons. The van der Waals surface area contributed by atoms with Gasteiger partial charge in [-0.25, -0.2) is 4.39 Å². The molecule has 0 aliphatic heterocycles. The van der Waals surface area contributed by atoms with Crippen LogP contribution in [0.1, 0.15) is 32.9 Å². The van der Waals surface area contributed by atoms with Crippen LogP contribution >= 0.6 is 0 Å². The molecule has 0 saturated heterocycles. The summed E-state index contributed by atoms with van der Waals surface area (Å²) in [6.45, 7) is 4.71. The topological polar surface area (TPSA) is 46.9 Å². The van der Waals surface area contributed by atoms with Crippen LogP contribution in [0.15, 0.2) is 54.6 Å². The number of benzene rings is 2. The summed E-state index contributed by atoms with van der Waals surface area (Å²) < 4.78 is 14.8. The van der Waals surface area contributed by atoms with E-state index in [1.165, 1.54) is 12.1 Å². The second kappa shape index (κ2) is 7.30. The van der Waals surface area contributed by atoms with Gasteiger partial charge in [-0.05, 0) is 37.1 Å². The van der Waals surface area contributed by atoms with E-state index in [9.17, 15) is 9.18 Å². The molecular formula is C20H20FN3O. The van der Waals surface area contributed by atoms with E-state index in [0.717, 1.165) is 16.8 Å². The Kier molecular flexibility index (Phi) is 4.93. The first-order valence-corrected chi connectivity index (χ1v) is 8.15. The lowest BCUT2D eigenvalue weighted by molar-refractivity contribution is 0.0949. The highest BCUT2D eigenvalue weighted by Gasteiger charge is 2.18. The third-order valence-corrected chi connectivity index (χ3v) is 4.15. The van der Waals surface area contributed by atoms with Gasteiger partial charge in [-0.1, -0.05) is 42.5 Å². The molecule has 0 bridgehead atoms. The standard InChI is InChI=1S/C20H20FN3O/c1-14-19(20(25)22-12-16-8-10-18(21)11-9-16)15(2)24(23-14)13-17-6-4-3-5-7-17/h3-11H,12-13H2,1-2H3,(H,22,25). The first-order chi connectivity index (χ1) is 12.0. The normalized spacial score (nSPS) is 10.7. The quantitative estimate of drug-likeness (QED) is 0.773. The number of nitrogens with zero attached hydrogens (tertiary/aromatic N) is 2. The summed E-state index contributed by atoms with van der Waals surface area (Å²) in [6, 6.07) is 16.1. The van der Waals surface area contributed by atoms with Crippen molar-refractivity contribution in [3.05, 3.63) is 88.5 Å². The maximum absolute atomic E-state index is 12.9. The van der Waals surface area contributed by atoms with Crippen molar-refractivity contribution in [1.82, 2.24) is 15.1 Å². The summed E-state index contributed by atoms with van der Waals surface area (Å²) >= 11 is 0. The number of halogens is 1. The molecular weight excluding hydrogens is 317 g/mol. The molecule has 0 aliphatic rings. The predicted molar refractivity (Wildman–Crippen MR) is 94.8 cm³/mol. The number of hydrogen-bond donors (Lipinski definition) is 1. The van der Waals surface area contributed by atoms with Crippen molar-refractivity contribution < 1.29 is 9.18 Å². The van der Waals surface area contributed by atoms with E-state index in [1.807, 2.05) is 48.9 Å². The van der Waals surface area contributed by atoms with E-state index < -0.39 is 0 Å². The van der Waals surface area contributed by atoms with E-state index in [4.69, 9.17) is 0 Å². The zero-order chi connectivity index (χ0) is 17.8. The van der Waals surface area contributed by atoms with E-state index >= 15 is 0 Å². The third kappa shape index (κ3) is 3.94. The number of aryl methyl sites for hydroxylation is 1. The molecule has 0 unspecified atom stereocenters. The van der Waals surface area contributed by atoms with Crippen LogP contribution < -0.4 is 5.32 Å². The zero-order valence-corrected chi connectivity index (χ0v) is 14.3. The van der Waals surface area contributed by atoms with Gasteiger partial charge in [0.15, 0.2) is 0 Å². The van der Waals surface area contributed by atoms with Crippen molar-refractivity contribution in [3.8, 4) is 0 Å². The number of nitrogens with one attached hydrogen (secondary N) is 1. The lowest BCUT2D eigenvalue weighted by Crippen LogP contribution is -2.24. The highest BCUT2D eigenvalue weighted by Crippen LogP contribution is 2.15. The molecule has 128 valence electrons. The number of rotatable bonds is 5. The summed E-state index contributed by atoms with van der Waals surface area (Å²) in [5, 5.41) is 7.38. The van der Waals surface area contributed by atoms with Gasteiger partial charge in [0.25, 0.3) is 5.91 Å². The number of hydrogen-bond acceptors (Lipinski definition) is 2. The van der Waals surface area contributed by atoms with Gasteiger partial charge in [0, 0.05) is 12.2 Å². The molecule has 1 aromatic heterocycles. The Morgan fingerprint density at radius 2 is 1.72 bits per heavy atom. The first-order valence-electron chi connectivity index (χ1n) is 8.15. The Hall–Kier alpha value is -2.95.